The first kappa shape index (κ1) is 10.7. The predicted molar refractivity (Wildman–Crippen MR) is 61.4 cm³/mol. The number of carbonyl (C=O) groups is 1. The van der Waals surface area contributed by atoms with E-state index in [1.807, 2.05) is 0 Å². The van der Waals surface area contributed by atoms with Crippen LogP contribution < -0.4 is 0 Å². The van der Waals surface area contributed by atoms with Gasteiger partial charge in [0.25, 0.3) is 0 Å². The van der Waals surface area contributed by atoms with Crippen LogP contribution in [0.15, 0.2) is 11.4 Å². The zero-order valence-electron chi connectivity index (χ0n) is 8.90. The van der Waals surface area contributed by atoms with Crippen molar-refractivity contribution in [2.75, 3.05) is 0 Å². The lowest BCUT2D eigenvalue weighted by Crippen LogP contribution is -2.25. The Bertz CT molecular complexity index is 356. The molecule has 1 heterocycles. The second-order valence-corrected chi connectivity index (χ2v) is 5.25. The van der Waals surface area contributed by atoms with Gasteiger partial charge in [0.2, 0.25) is 0 Å². The van der Waals surface area contributed by atoms with E-state index in [-0.39, 0.29) is 11.8 Å². The summed E-state index contributed by atoms with van der Waals surface area (Å²) < 4.78 is 0. The van der Waals surface area contributed by atoms with Crippen molar-refractivity contribution in [1.29, 1.82) is 0 Å². The topological polar surface area (TPSA) is 37.3 Å². The first-order valence-corrected chi connectivity index (χ1v) is 6.35. The van der Waals surface area contributed by atoms with E-state index in [4.69, 9.17) is 0 Å². The van der Waals surface area contributed by atoms with Gasteiger partial charge in [-0.05, 0) is 36.8 Å². The van der Waals surface area contributed by atoms with Gasteiger partial charge in [-0.2, -0.15) is 0 Å². The van der Waals surface area contributed by atoms with Crippen LogP contribution in [0.1, 0.15) is 42.0 Å². The maximum absolute atomic E-state index is 11.2. The molecule has 2 rings (SSSR count). The van der Waals surface area contributed by atoms with Crippen molar-refractivity contribution in [3.05, 3.63) is 21.9 Å². The molecule has 1 fully saturated rings. The molecule has 0 bridgehead atoms. The number of thiophene rings is 1. The van der Waals surface area contributed by atoms with E-state index in [9.17, 15) is 9.90 Å². The van der Waals surface area contributed by atoms with Crippen LogP contribution >= 0.6 is 11.3 Å². The van der Waals surface area contributed by atoms with Crippen molar-refractivity contribution in [2.24, 2.45) is 5.92 Å². The predicted octanol–water partition coefficient (Wildman–Crippen LogP) is 3.41. The molecule has 1 saturated carbocycles. The molecule has 0 amide bonds. The molecule has 1 aliphatic rings. The lowest BCUT2D eigenvalue weighted by atomic mass is 9.78. The summed E-state index contributed by atoms with van der Waals surface area (Å²) in [4.78, 5) is 12.5. The maximum Gasteiger partial charge on any atom is 0.307 e. The Morgan fingerprint density at radius 2 is 2.20 bits per heavy atom. The molecule has 0 radical (unpaired) electrons. The molecule has 15 heavy (non-hydrogen) atoms. The van der Waals surface area contributed by atoms with E-state index in [0.29, 0.717) is 0 Å². The minimum atomic E-state index is -0.618. The molecule has 0 saturated heterocycles. The normalized spacial score (nSPS) is 26.5. The average molecular weight is 224 g/mol. The fourth-order valence-corrected chi connectivity index (χ4v) is 3.63. The number of aryl methyl sites for hydroxylation is 1. The molecule has 0 aromatic carbocycles. The number of hydrogen-bond donors (Lipinski definition) is 1. The number of rotatable bonds is 2. The number of carboxylic acids is 1. The van der Waals surface area contributed by atoms with E-state index in [1.165, 1.54) is 16.9 Å². The van der Waals surface area contributed by atoms with Gasteiger partial charge < -0.3 is 5.11 Å². The first-order valence-electron chi connectivity index (χ1n) is 5.47. The molecule has 2 atom stereocenters. The van der Waals surface area contributed by atoms with Crippen LogP contribution in [0.5, 0.6) is 0 Å². The number of aliphatic carboxylic acids is 1. The first-order chi connectivity index (χ1) is 7.20. The summed E-state index contributed by atoms with van der Waals surface area (Å²) in [5, 5.41) is 11.3. The maximum atomic E-state index is 11.2. The van der Waals surface area contributed by atoms with Crippen LogP contribution in [0.2, 0.25) is 0 Å². The average Bonchev–Trinajstić information content (AvgIpc) is 2.64. The molecular weight excluding hydrogens is 208 g/mol. The van der Waals surface area contributed by atoms with Crippen molar-refractivity contribution in [1.82, 2.24) is 0 Å². The smallest absolute Gasteiger partial charge is 0.307 e. The van der Waals surface area contributed by atoms with Crippen molar-refractivity contribution in [3.8, 4) is 0 Å². The summed E-state index contributed by atoms with van der Waals surface area (Å²) in [6.45, 7) is 2.08. The summed E-state index contributed by atoms with van der Waals surface area (Å²) in [6.07, 6.45) is 4.12. The molecular formula is C12H16O2S. The van der Waals surface area contributed by atoms with Gasteiger partial charge in [0.15, 0.2) is 0 Å². The minimum Gasteiger partial charge on any atom is -0.481 e. The molecule has 1 aromatic heterocycles. The molecule has 0 aliphatic heterocycles. The van der Waals surface area contributed by atoms with Gasteiger partial charge in [-0.1, -0.05) is 12.8 Å². The highest BCUT2D eigenvalue weighted by molar-refractivity contribution is 7.10. The van der Waals surface area contributed by atoms with Gasteiger partial charge in [0.1, 0.15) is 0 Å². The van der Waals surface area contributed by atoms with E-state index in [2.05, 4.69) is 18.4 Å². The van der Waals surface area contributed by atoms with Crippen molar-refractivity contribution in [3.63, 3.8) is 0 Å². The standard InChI is InChI=1S/C12H16O2S/c1-8-6-7-15-11(8)9-4-2-3-5-10(9)12(13)14/h6-7,9-10H,2-5H2,1H3,(H,13,14). The minimum absolute atomic E-state index is 0.156. The third kappa shape index (κ3) is 2.07. The number of carboxylic acid groups (broad SMARTS) is 1. The third-order valence-electron chi connectivity index (χ3n) is 3.32. The zero-order valence-corrected chi connectivity index (χ0v) is 9.72. The second-order valence-electron chi connectivity index (χ2n) is 4.30. The van der Waals surface area contributed by atoms with Crippen LogP contribution in [0, 0.1) is 12.8 Å². The van der Waals surface area contributed by atoms with Crippen molar-refractivity contribution >= 4 is 17.3 Å². The van der Waals surface area contributed by atoms with Gasteiger partial charge in [-0.25, -0.2) is 0 Å². The van der Waals surface area contributed by atoms with Crippen LogP contribution in [-0.2, 0) is 4.79 Å². The highest BCUT2D eigenvalue weighted by Crippen LogP contribution is 2.41. The number of hydrogen-bond acceptors (Lipinski definition) is 2. The Balaban J connectivity index is 2.25. The fourth-order valence-electron chi connectivity index (χ4n) is 2.50. The summed E-state index contributed by atoms with van der Waals surface area (Å²) in [6, 6.07) is 2.09. The van der Waals surface area contributed by atoms with Crippen molar-refractivity contribution < 1.29 is 9.90 Å². The summed E-state index contributed by atoms with van der Waals surface area (Å²) in [5.74, 6) is -0.514. The Morgan fingerprint density at radius 1 is 1.47 bits per heavy atom. The van der Waals surface area contributed by atoms with Gasteiger partial charge in [0, 0.05) is 10.8 Å². The summed E-state index contributed by atoms with van der Waals surface area (Å²) in [7, 11) is 0. The molecule has 2 unspecified atom stereocenters. The molecule has 3 heteroatoms. The summed E-state index contributed by atoms with van der Waals surface area (Å²) in [5.41, 5.74) is 1.26. The lowest BCUT2D eigenvalue weighted by Gasteiger charge is -2.28. The highest BCUT2D eigenvalue weighted by Gasteiger charge is 2.33. The molecule has 1 aromatic rings. The third-order valence-corrected chi connectivity index (χ3v) is 4.47. The SMILES string of the molecule is Cc1ccsc1C1CCCCC1C(=O)O. The highest BCUT2D eigenvalue weighted by atomic mass is 32.1. The Labute approximate surface area is 93.9 Å². The second kappa shape index (κ2) is 4.35. The molecule has 2 nitrogen and oxygen atoms in total. The molecule has 0 spiro atoms. The van der Waals surface area contributed by atoms with Gasteiger partial charge in [0.05, 0.1) is 5.92 Å². The molecule has 1 N–H and O–H groups in total. The Kier molecular flexibility index (Phi) is 3.10. The van der Waals surface area contributed by atoms with E-state index < -0.39 is 5.97 Å². The van der Waals surface area contributed by atoms with E-state index in [1.54, 1.807) is 11.3 Å². The quantitative estimate of drug-likeness (QED) is 0.835. The fraction of sp³-hybridized carbons (Fsp3) is 0.583. The van der Waals surface area contributed by atoms with Gasteiger partial charge in [-0.3, -0.25) is 4.79 Å². The van der Waals surface area contributed by atoms with Crippen molar-refractivity contribution in [2.45, 2.75) is 38.5 Å². The Morgan fingerprint density at radius 3 is 2.80 bits per heavy atom. The van der Waals surface area contributed by atoms with Crippen LogP contribution in [-0.4, -0.2) is 11.1 Å². The largest absolute Gasteiger partial charge is 0.481 e. The monoisotopic (exact) mass is 224 g/mol. The Hall–Kier alpha value is -0.830. The summed E-state index contributed by atoms with van der Waals surface area (Å²) >= 11 is 1.71. The van der Waals surface area contributed by atoms with Crippen LogP contribution in [0.4, 0.5) is 0 Å². The zero-order chi connectivity index (χ0) is 10.8. The molecule has 1 aliphatic carbocycles. The van der Waals surface area contributed by atoms with Crippen LogP contribution in [0.3, 0.4) is 0 Å². The lowest BCUT2D eigenvalue weighted by molar-refractivity contribution is -0.143. The van der Waals surface area contributed by atoms with Gasteiger partial charge in [-0.15, -0.1) is 11.3 Å². The van der Waals surface area contributed by atoms with Crippen LogP contribution in [0.25, 0.3) is 0 Å². The van der Waals surface area contributed by atoms with Gasteiger partial charge >= 0.3 is 5.97 Å². The van der Waals surface area contributed by atoms with E-state index >= 15 is 0 Å². The van der Waals surface area contributed by atoms with E-state index in [0.717, 1.165) is 19.3 Å². The molecule has 82 valence electrons.